The van der Waals surface area contributed by atoms with E-state index in [0.717, 1.165) is 0 Å². The van der Waals surface area contributed by atoms with Gasteiger partial charge in [0.1, 0.15) is 0 Å². The summed E-state index contributed by atoms with van der Waals surface area (Å²) in [7, 11) is 0. The largest absolute Gasteiger partial charge is 0.228 e. The number of nitrogens with zero attached hydrogens (tertiary/aromatic N) is 2. The molecule has 0 amide bonds. The van der Waals surface area contributed by atoms with Crippen molar-refractivity contribution in [2.45, 2.75) is 0 Å². The van der Waals surface area contributed by atoms with E-state index < -0.39 is 5.95 Å². The number of halogens is 2. The molecule has 58 valence electrons. The first kappa shape index (κ1) is 8.52. The molecule has 0 radical (unpaired) electrons. The van der Waals surface area contributed by atoms with Crippen molar-refractivity contribution in [2.75, 3.05) is 0 Å². The minimum atomic E-state index is -0.720. The van der Waals surface area contributed by atoms with Crippen molar-refractivity contribution in [3.63, 3.8) is 0 Å². The van der Waals surface area contributed by atoms with Gasteiger partial charge in [-0.05, 0) is 12.0 Å². The predicted molar refractivity (Wildman–Crippen MR) is 41.7 cm³/mol. The Balaban J connectivity index is 3.16. The number of hydrogen-bond donors (Lipinski definition) is 0. The van der Waals surface area contributed by atoms with Crippen molar-refractivity contribution < 1.29 is 4.39 Å². The predicted octanol–water partition coefficient (Wildman–Crippen LogP) is 1.75. The molecule has 0 spiro atoms. The zero-order valence-electron chi connectivity index (χ0n) is 5.81. The Morgan fingerprint density at radius 3 is 3.00 bits per heavy atom. The average Bonchev–Trinajstić information content (AvgIpc) is 2.07. The lowest BCUT2D eigenvalue weighted by Crippen LogP contribution is -1.87. The number of rotatable bonds is 0. The number of pyridine rings is 1. The Hall–Kier alpha value is -1.58. The molecule has 0 atom stereocenters. The molecular formula is C8H2ClFN2. The smallest absolute Gasteiger partial charge is 0.226 e. The van der Waals surface area contributed by atoms with E-state index >= 15 is 0 Å². The maximum absolute atomic E-state index is 12.7. The lowest BCUT2D eigenvalue weighted by atomic mass is 10.3. The van der Waals surface area contributed by atoms with Gasteiger partial charge in [-0.25, -0.2) is 4.98 Å². The van der Waals surface area contributed by atoms with E-state index in [1.807, 2.05) is 5.92 Å². The zero-order valence-corrected chi connectivity index (χ0v) is 6.56. The van der Waals surface area contributed by atoms with Crippen LogP contribution in [0, 0.1) is 29.1 Å². The third-order valence-corrected chi connectivity index (χ3v) is 1.27. The van der Waals surface area contributed by atoms with Gasteiger partial charge < -0.3 is 0 Å². The second-order valence-electron chi connectivity index (χ2n) is 1.85. The van der Waals surface area contributed by atoms with Crippen molar-refractivity contribution in [2.24, 2.45) is 0 Å². The van der Waals surface area contributed by atoms with Gasteiger partial charge in [-0.3, -0.25) is 0 Å². The van der Waals surface area contributed by atoms with Gasteiger partial charge in [0.05, 0.1) is 10.6 Å². The fraction of sp³-hybridized carbons (Fsp3) is 0. The lowest BCUT2D eigenvalue weighted by Gasteiger charge is -1.92. The van der Waals surface area contributed by atoms with Gasteiger partial charge in [-0.1, -0.05) is 11.6 Å². The monoisotopic (exact) mass is 180 g/mol. The molecule has 0 fully saturated rings. The van der Waals surface area contributed by atoms with Gasteiger partial charge >= 0.3 is 0 Å². The molecule has 12 heavy (non-hydrogen) atoms. The molecule has 1 rings (SSSR count). The number of hydrogen-bond acceptors (Lipinski definition) is 2. The van der Waals surface area contributed by atoms with E-state index in [4.69, 9.17) is 16.9 Å². The van der Waals surface area contributed by atoms with Gasteiger partial charge in [-0.2, -0.15) is 9.65 Å². The third-order valence-electron chi connectivity index (χ3n) is 1.06. The molecule has 0 aliphatic carbocycles. The van der Waals surface area contributed by atoms with Crippen LogP contribution in [0.5, 0.6) is 0 Å². The molecule has 1 aromatic rings. The molecule has 0 aromatic carbocycles. The molecule has 1 aromatic heterocycles. The molecule has 0 bridgehead atoms. The molecule has 0 saturated carbocycles. The number of nitriles is 1. The first-order chi connectivity index (χ1) is 5.74. The molecule has 0 saturated heterocycles. The van der Waals surface area contributed by atoms with Crippen LogP contribution in [0.4, 0.5) is 4.39 Å². The Morgan fingerprint density at radius 2 is 2.33 bits per heavy atom. The quantitative estimate of drug-likeness (QED) is 0.451. The van der Waals surface area contributed by atoms with Gasteiger partial charge in [0.2, 0.25) is 5.95 Å². The molecule has 0 aliphatic rings. The summed E-state index contributed by atoms with van der Waals surface area (Å²) in [5.74, 6) is 3.60. The highest BCUT2D eigenvalue weighted by Crippen LogP contribution is 2.10. The van der Waals surface area contributed by atoms with E-state index in [-0.39, 0.29) is 5.56 Å². The van der Waals surface area contributed by atoms with Crippen molar-refractivity contribution >= 4 is 11.6 Å². The van der Waals surface area contributed by atoms with E-state index in [1.54, 1.807) is 6.07 Å². The SMILES string of the molecule is N#CC#Cc1cc(Cl)cnc1F. The summed E-state index contributed by atoms with van der Waals surface area (Å²) < 4.78 is 12.7. The lowest BCUT2D eigenvalue weighted by molar-refractivity contribution is 0.580. The van der Waals surface area contributed by atoms with Crippen molar-refractivity contribution in [1.82, 2.24) is 4.98 Å². The van der Waals surface area contributed by atoms with Gasteiger partial charge in [0.15, 0.2) is 6.07 Å². The van der Waals surface area contributed by atoms with Gasteiger partial charge in [-0.15, -0.1) is 0 Å². The normalized spacial score (nSPS) is 8.08. The van der Waals surface area contributed by atoms with Crippen LogP contribution in [-0.4, -0.2) is 4.98 Å². The second-order valence-corrected chi connectivity index (χ2v) is 2.29. The van der Waals surface area contributed by atoms with Crippen LogP contribution in [-0.2, 0) is 0 Å². The Bertz CT molecular complexity index is 398. The molecule has 2 nitrogen and oxygen atoms in total. The summed E-state index contributed by atoms with van der Waals surface area (Å²) in [5.41, 5.74) is 0.0315. The Kier molecular flexibility index (Phi) is 2.63. The van der Waals surface area contributed by atoms with Crippen LogP contribution in [0.2, 0.25) is 5.02 Å². The third kappa shape index (κ3) is 1.95. The zero-order chi connectivity index (χ0) is 8.97. The van der Waals surface area contributed by atoms with E-state index in [9.17, 15) is 4.39 Å². The van der Waals surface area contributed by atoms with E-state index in [2.05, 4.69) is 10.9 Å². The minimum absolute atomic E-state index is 0.0315. The first-order valence-electron chi connectivity index (χ1n) is 2.95. The first-order valence-corrected chi connectivity index (χ1v) is 3.33. The van der Waals surface area contributed by atoms with Crippen LogP contribution < -0.4 is 0 Å². The van der Waals surface area contributed by atoms with Crippen LogP contribution in [0.15, 0.2) is 12.3 Å². The van der Waals surface area contributed by atoms with Crippen LogP contribution in [0.1, 0.15) is 5.56 Å². The van der Waals surface area contributed by atoms with Crippen LogP contribution >= 0.6 is 11.6 Å². The maximum atomic E-state index is 12.7. The fourth-order valence-electron chi connectivity index (χ4n) is 0.606. The summed E-state index contributed by atoms with van der Waals surface area (Å²) >= 11 is 5.52. The molecule has 0 aliphatic heterocycles. The van der Waals surface area contributed by atoms with Gasteiger partial charge in [0, 0.05) is 12.1 Å². The average molecular weight is 181 g/mol. The summed E-state index contributed by atoms with van der Waals surface area (Å²) in [6.45, 7) is 0. The second kappa shape index (κ2) is 3.71. The van der Waals surface area contributed by atoms with E-state index in [0.29, 0.717) is 5.02 Å². The van der Waals surface area contributed by atoms with Crippen LogP contribution in [0.3, 0.4) is 0 Å². The topological polar surface area (TPSA) is 36.7 Å². The Labute approximate surface area is 73.6 Å². The molecular weight excluding hydrogens is 179 g/mol. The van der Waals surface area contributed by atoms with Crippen LogP contribution in [0.25, 0.3) is 0 Å². The molecule has 4 heteroatoms. The molecule has 0 unspecified atom stereocenters. The van der Waals surface area contributed by atoms with E-state index in [1.165, 1.54) is 12.3 Å². The standard InChI is InChI=1S/C8H2ClFN2/c9-7-4-6(2-1-3-11)8(10)12-5-7/h4-5H. The summed E-state index contributed by atoms with van der Waals surface area (Å²) in [4.78, 5) is 3.32. The maximum Gasteiger partial charge on any atom is 0.228 e. The summed E-state index contributed by atoms with van der Waals surface area (Å²) in [5, 5.41) is 8.38. The highest BCUT2D eigenvalue weighted by atomic mass is 35.5. The fourth-order valence-corrected chi connectivity index (χ4v) is 0.763. The van der Waals surface area contributed by atoms with Gasteiger partial charge in [0.25, 0.3) is 0 Å². The molecule has 0 N–H and O–H groups in total. The Morgan fingerprint density at radius 1 is 1.58 bits per heavy atom. The summed E-state index contributed by atoms with van der Waals surface area (Å²) in [6, 6.07) is 2.88. The summed E-state index contributed by atoms with van der Waals surface area (Å²) in [6.07, 6.45) is 1.18. The molecule has 1 heterocycles. The van der Waals surface area contributed by atoms with Crippen molar-refractivity contribution in [3.05, 3.63) is 28.8 Å². The van der Waals surface area contributed by atoms with Crippen molar-refractivity contribution in [1.29, 1.82) is 5.26 Å². The highest BCUT2D eigenvalue weighted by molar-refractivity contribution is 6.30. The van der Waals surface area contributed by atoms with Crippen molar-refractivity contribution in [3.8, 4) is 17.9 Å². The highest BCUT2D eigenvalue weighted by Gasteiger charge is 1.99. The number of aromatic nitrogens is 1. The minimum Gasteiger partial charge on any atom is -0.226 e.